The number of hydrogen-bond donors (Lipinski definition) is 3. The van der Waals surface area contributed by atoms with Gasteiger partial charge in [0.1, 0.15) is 0 Å². The van der Waals surface area contributed by atoms with E-state index >= 15 is 0 Å². The van der Waals surface area contributed by atoms with Gasteiger partial charge < -0.3 is 16.2 Å². The van der Waals surface area contributed by atoms with Crippen molar-refractivity contribution in [3.63, 3.8) is 0 Å². The van der Waals surface area contributed by atoms with Crippen molar-refractivity contribution in [2.75, 3.05) is 11.1 Å². The van der Waals surface area contributed by atoms with Gasteiger partial charge in [0, 0.05) is 6.20 Å². The topological polar surface area (TPSA) is 71.2 Å². The van der Waals surface area contributed by atoms with Gasteiger partial charge in [0.05, 0.1) is 23.3 Å². The maximum atomic E-state index is 9.60. The lowest BCUT2D eigenvalue weighted by Gasteiger charge is -2.14. The van der Waals surface area contributed by atoms with Gasteiger partial charge in [-0.05, 0) is 17.7 Å². The van der Waals surface area contributed by atoms with Crippen LogP contribution < -0.4 is 11.1 Å². The first-order chi connectivity index (χ1) is 9.16. The van der Waals surface area contributed by atoms with Crippen LogP contribution in [0.4, 0.5) is 11.4 Å². The van der Waals surface area contributed by atoms with Crippen LogP contribution in [-0.4, -0.2) is 15.7 Å². The Morgan fingerprint density at radius 3 is 2.68 bits per heavy atom. The van der Waals surface area contributed by atoms with E-state index in [2.05, 4.69) is 10.3 Å². The molecular weight excluding hydrogens is 262 g/mol. The highest BCUT2D eigenvalue weighted by Gasteiger charge is 2.09. The zero-order valence-electron chi connectivity index (χ0n) is 10.1. The van der Waals surface area contributed by atoms with Gasteiger partial charge >= 0.3 is 0 Å². The molecule has 0 saturated carbocycles. The molecule has 5 heteroatoms. The molecule has 0 radical (unpaired) electrons. The molecule has 0 bridgehead atoms. The zero-order chi connectivity index (χ0) is 13.7. The van der Waals surface area contributed by atoms with Crippen LogP contribution in [0, 0.1) is 0 Å². The Balaban J connectivity index is 2.27. The molecular formula is C14H14ClN3O. The average Bonchev–Trinajstić information content (AvgIpc) is 2.41. The number of rotatable bonds is 4. The predicted molar refractivity (Wildman–Crippen MR) is 78.6 cm³/mol. The van der Waals surface area contributed by atoms with Crippen LogP contribution in [0.5, 0.6) is 0 Å². The SMILES string of the molecule is Nc1cnccc1N/C(=C/c1ccccc1)C(O)Cl. The van der Waals surface area contributed by atoms with Crippen molar-refractivity contribution < 1.29 is 5.11 Å². The monoisotopic (exact) mass is 275 g/mol. The predicted octanol–water partition coefficient (Wildman–Crippen LogP) is 2.67. The highest BCUT2D eigenvalue weighted by atomic mass is 35.5. The van der Waals surface area contributed by atoms with Crippen LogP contribution >= 0.6 is 11.6 Å². The van der Waals surface area contributed by atoms with Gasteiger partial charge in [-0.15, -0.1) is 0 Å². The second-order valence-electron chi connectivity index (χ2n) is 3.93. The Bertz CT molecular complexity index is 570. The van der Waals surface area contributed by atoms with Crippen molar-refractivity contribution in [2.24, 2.45) is 0 Å². The summed E-state index contributed by atoms with van der Waals surface area (Å²) < 4.78 is 0. The van der Waals surface area contributed by atoms with Gasteiger partial charge in [-0.25, -0.2) is 0 Å². The molecule has 98 valence electrons. The molecule has 1 aromatic carbocycles. The molecule has 1 aromatic heterocycles. The summed E-state index contributed by atoms with van der Waals surface area (Å²) in [5.74, 6) is 0. The van der Waals surface area contributed by atoms with Crippen LogP contribution in [0.1, 0.15) is 5.56 Å². The molecule has 0 saturated heterocycles. The highest BCUT2D eigenvalue weighted by Crippen LogP contribution is 2.21. The van der Waals surface area contributed by atoms with E-state index < -0.39 is 5.56 Å². The summed E-state index contributed by atoms with van der Waals surface area (Å²) in [4.78, 5) is 3.90. The fourth-order valence-electron chi connectivity index (χ4n) is 1.57. The van der Waals surface area contributed by atoms with Crippen molar-refractivity contribution >= 4 is 29.1 Å². The number of aliphatic hydroxyl groups is 1. The van der Waals surface area contributed by atoms with E-state index in [9.17, 15) is 5.11 Å². The third kappa shape index (κ3) is 3.71. The average molecular weight is 276 g/mol. The maximum Gasteiger partial charge on any atom is 0.168 e. The van der Waals surface area contributed by atoms with Crippen LogP contribution in [0.15, 0.2) is 54.5 Å². The molecule has 4 nitrogen and oxygen atoms in total. The lowest BCUT2D eigenvalue weighted by atomic mass is 10.2. The smallest absolute Gasteiger partial charge is 0.168 e. The van der Waals surface area contributed by atoms with Crippen LogP contribution in [-0.2, 0) is 0 Å². The normalized spacial score (nSPS) is 13.1. The summed E-state index contributed by atoms with van der Waals surface area (Å²) in [5.41, 5.74) is 7.15. The van der Waals surface area contributed by atoms with E-state index in [0.29, 0.717) is 17.1 Å². The number of benzene rings is 1. The molecule has 0 fully saturated rings. The van der Waals surface area contributed by atoms with E-state index in [-0.39, 0.29) is 0 Å². The lowest BCUT2D eigenvalue weighted by Crippen LogP contribution is -2.12. The molecule has 0 aliphatic carbocycles. The number of halogens is 1. The van der Waals surface area contributed by atoms with E-state index in [0.717, 1.165) is 5.56 Å². The molecule has 1 heterocycles. The Hall–Kier alpha value is -2.04. The summed E-state index contributed by atoms with van der Waals surface area (Å²) in [5, 5.41) is 12.6. The van der Waals surface area contributed by atoms with Crippen LogP contribution in [0.3, 0.4) is 0 Å². The number of aromatic nitrogens is 1. The molecule has 4 N–H and O–H groups in total. The first kappa shape index (κ1) is 13.4. The highest BCUT2D eigenvalue weighted by molar-refractivity contribution is 6.21. The third-order valence-electron chi connectivity index (χ3n) is 2.51. The van der Waals surface area contributed by atoms with Gasteiger partial charge in [0.2, 0.25) is 0 Å². The third-order valence-corrected chi connectivity index (χ3v) is 2.74. The number of hydrogen-bond acceptors (Lipinski definition) is 4. The van der Waals surface area contributed by atoms with Gasteiger partial charge in [0.15, 0.2) is 5.56 Å². The summed E-state index contributed by atoms with van der Waals surface area (Å²) in [6.45, 7) is 0. The molecule has 19 heavy (non-hydrogen) atoms. The molecule has 2 rings (SSSR count). The Kier molecular flexibility index (Phi) is 4.39. The largest absolute Gasteiger partial charge is 0.396 e. The minimum atomic E-state index is -1.15. The number of nitrogens with one attached hydrogen (secondary N) is 1. The van der Waals surface area contributed by atoms with Gasteiger partial charge in [-0.1, -0.05) is 41.9 Å². The van der Waals surface area contributed by atoms with Crippen molar-refractivity contribution in [1.82, 2.24) is 4.98 Å². The summed E-state index contributed by atoms with van der Waals surface area (Å²) in [6, 6.07) is 11.3. The molecule has 0 aliphatic rings. The minimum absolute atomic E-state index is 0.450. The lowest BCUT2D eigenvalue weighted by molar-refractivity contribution is 0.293. The number of nitrogens with two attached hydrogens (primary N) is 1. The molecule has 0 aliphatic heterocycles. The van der Waals surface area contributed by atoms with Gasteiger partial charge in [-0.2, -0.15) is 0 Å². The molecule has 0 spiro atoms. The van der Waals surface area contributed by atoms with Gasteiger partial charge in [0.25, 0.3) is 0 Å². The molecule has 1 unspecified atom stereocenters. The van der Waals surface area contributed by atoms with Gasteiger partial charge in [-0.3, -0.25) is 4.98 Å². The second-order valence-corrected chi connectivity index (χ2v) is 4.35. The first-order valence-corrected chi connectivity index (χ1v) is 6.16. The number of alkyl halides is 1. The number of pyridine rings is 1. The Morgan fingerprint density at radius 2 is 2.05 bits per heavy atom. The Labute approximate surface area is 116 Å². The summed E-state index contributed by atoms with van der Waals surface area (Å²) in [6.07, 6.45) is 4.90. The fourth-order valence-corrected chi connectivity index (χ4v) is 1.69. The molecule has 2 aromatic rings. The second kappa shape index (κ2) is 6.22. The number of nitrogens with zero attached hydrogens (tertiary/aromatic N) is 1. The minimum Gasteiger partial charge on any atom is -0.396 e. The number of nitrogen functional groups attached to an aromatic ring is 1. The molecule has 0 amide bonds. The zero-order valence-corrected chi connectivity index (χ0v) is 10.9. The van der Waals surface area contributed by atoms with E-state index in [4.69, 9.17) is 17.3 Å². The van der Waals surface area contributed by atoms with E-state index in [1.165, 1.54) is 6.20 Å². The van der Waals surface area contributed by atoms with Crippen molar-refractivity contribution in [2.45, 2.75) is 5.56 Å². The fraction of sp³-hybridized carbons (Fsp3) is 0.0714. The van der Waals surface area contributed by atoms with E-state index in [1.54, 1.807) is 18.3 Å². The maximum absolute atomic E-state index is 9.60. The standard InChI is InChI=1S/C14H14ClN3O/c15-14(19)13(8-10-4-2-1-3-5-10)18-12-6-7-17-9-11(12)16/h1-9,14,19H,16H2,(H,17,18)/b13-8+. The quantitative estimate of drug-likeness (QED) is 0.750. The van der Waals surface area contributed by atoms with Crippen molar-refractivity contribution in [3.8, 4) is 0 Å². The number of anilines is 2. The van der Waals surface area contributed by atoms with Crippen molar-refractivity contribution in [1.29, 1.82) is 0 Å². The number of aliphatic hydroxyl groups excluding tert-OH is 1. The van der Waals surface area contributed by atoms with Crippen LogP contribution in [0.2, 0.25) is 0 Å². The summed E-state index contributed by atoms with van der Waals surface area (Å²) in [7, 11) is 0. The first-order valence-electron chi connectivity index (χ1n) is 5.72. The van der Waals surface area contributed by atoms with Crippen LogP contribution in [0.25, 0.3) is 6.08 Å². The van der Waals surface area contributed by atoms with E-state index in [1.807, 2.05) is 30.3 Å². The Morgan fingerprint density at radius 1 is 1.32 bits per heavy atom. The van der Waals surface area contributed by atoms with Crippen molar-refractivity contribution in [3.05, 3.63) is 60.1 Å². The molecule has 1 atom stereocenters. The summed E-state index contributed by atoms with van der Waals surface area (Å²) >= 11 is 5.76.